The van der Waals surface area contributed by atoms with Gasteiger partial charge < -0.3 is 4.90 Å². The van der Waals surface area contributed by atoms with Gasteiger partial charge in [-0.2, -0.15) is 0 Å². The summed E-state index contributed by atoms with van der Waals surface area (Å²) in [6.07, 6.45) is 1.87. The molecule has 0 spiro atoms. The van der Waals surface area contributed by atoms with Gasteiger partial charge in [-0.25, -0.2) is 0 Å². The van der Waals surface area contributed by atoms with Gasteiger partial charge in [0.2, 0.25) is 0 Å². The highest BCUT2D eigenvalue weighted by atomic mass is 35.5. The summed E-state index contributed by atoms with van der Waals surface area (Å²) in [5.74, 6) is 0.669. The minimum absolute atomic E-state index is 0.0111. The maximum Gasteiger partial charge on any atom is 0.154 e. The summed E-state index contributed by atoms with van der Waals surface area (Å²) in [7, 11) is 3.90. The van der Waals surface area contributed by atoms with Crippen molar-refractivity contribution >= 4 is 17.4 Å². The lowest BCUT2D eigenvalue weighted by Gasteiger charge is -2.31. The van der Waals surface area contributed by atoms with Gasteiger partial charge in [-0.05, 0) is 61.7 Å². The number of fused-ring (bicyclic) bond motifs is 1. The average molecular weight is 328 g/mol. The van der Waals surface area contributed by atoms with E-state index in [0.717, 1.165) is 17.9 Å². The van der Waals surface area contributed by atoms with E-state index in [2.05, 4.69) is 30.3 Å². The van der Waals surface area contributed by atoms with Gasteiger partial charge in [-0.15, -0.1) is 0 Å². The molecule has 0 saturated heterocycles. The number of nitrogens with zero attached hydrogens (tertiary/aromatic N) is 1. The van der Waals surface area contributed by atoms with Crippen molar-refractivity contribution in [2.24, 2.45) is 0 Å². The van der Waals surface area contributed by atoms with E-state index in [0.29, 0.717) is 18.2 Å². The molecular formula is C20H22ClNO. The van der Waals surface area contributed by atoms with Crippen LogP contribution >= 0.6 is 11.6 Å². The summed E-state index contributed by atoms with van der Waals surface area (Å²) >= 11 is 6.01. The second kappa shape index (κ2) is 6.86. The van der Waals surface area contributed by atoms with Crippen LogP contribution in [0.1, 0.15) is 34.9 Å². The van der Waals surface area contributed by atoms with Crippen LogP contribution in [-0.4, -0.2) is 31.3 Å². The highest BCUT2D eigenvalue weighted by molar-refractivity contribution is 6.30. The molecule has 2 aromatic carbocycles. The fourth-order valence-electron chi connectivity index (χ4n) is 3.54. The molecule has 3 heteroatoms. The van der Waals surface area contributed by atoms with Crippen molar-refractivity contribution in [3.05, 3.63) is 70.2 Å². The van der Waals surface area contributed by atoms with Gasteiger partial charge in [0, 0.05) is 10.9 Å². The maximum atomic E-state index is 12.7. The average Bonchev–Trinajstić information content (AvgIpc) is 2.54. The summed E-state index contributed by atoms with van der Waals surface area (Å²) in [6, 6.07) is 16.4. The van der Waals surface area contributed by atoms with Crippen LogP contribution in [0.5, 0.6) is 0 Å². The first-order chi connectivity index (χ1) is 11.0. The van der Waals surface area contributed by atoms with Crippen LogP contribution in [0.2, 0.25) is 5.02 Å². The monoisotopic (exact) mass is 327 g/mol. The topological polar surface area (TPSA) is 20.3 Å². The zero-order valence-corrected chi connectivity index (χ0v) is 14.4. The summed E-state index contributed by atoms with van der Waals surface area (Å²) in [5.41, 5.74) is 3.78. The van der Waals surface area contributed by atoms with Crippen molar-refractivity contribution in [1.82, 2.24) is 4.90 Å². The first kappa shape index (κ1) is 16.2. The van der Waals surface area contributed by atoms with Gasteiger partial charge in [0.25, 0.3) is 0 Å². The van der Waals surface area contributed by atoms with Gasteiger partial charge in [-0.3, -0.25) is 4.79 Å². The first-order valence-electron chi connectivity index (χ1n) is 8.05. The molecule has 3 rings (SSSR count). The molecule has 1 aliphatic carbocycles. The predicted molar refractivity (Wildman–Crippen MR) is 95.3 cm³/mol. The van der Waals surface area contributed by atoms with Crippen LogP contribution in [0.3, 0.4) is 0 Å². The largest absolute Gasteiger partial charge is 0.302 e. The Morgan fingerprint density at radius 2 is 1.83 bits per heavy atom. The number of benzene rings is 2. The quantitative estimate of drug-likeness (QED) is 0.835. The Kier molecular flexibility index (Phi) is 4.84. The number of carbonyl (C=O) groups excluding carboxylic acids is 1. The molecule has 0 fully saturated rings. The normalized spacial score (nSPS) is 20.3. The number of carbonyl (C=O) groups is 1. The number of ketones is 1. The molecule has 0 N–H and O–H groups in total. The molecule has 1 aliphatic rings. The lowest BCUT2D eigenvalue weighted by molar-refractivity contribution is -0.121. The molecule has 0 aromatic heterocycles. The van der Waals surface area contributed by atoms with E-state index in [1.54, 1.807) is 0 Å². The highest BCUT2D eigenvalue weighted by Crippen LogP contribution is 2.40. The first-order valence-corrected chi connectivity index (χ1v) is 8.43. The fraction of sp³-hybridized carbons (Fsp3) is 0.350. The molecule has 0 radical (unpaired) electrons. The van der Waals surface area contributed by atoms with Gasteiger partial charge in [0.1, 0.15) is 0 Å². The number of likely N-dealkylation sites (N-methyl/N-ethyl adjacent to an activating group) is 1. The van der Waals surface area contributed by atoms with Crippen LogP contribution in [0.25, 0.3) is 0 Å². The molecule has 0 heterocycles. The number of rotatable bonds is 4. The Morgan fingerprint density at radius 3 is 2.52 bits per heavy atom. The molecule has 0 saturated carbocycles. The molecule has 120 valence electrons. The number of halogens is 1. The van der Waals surface area contributed by atoms with Crippen molar-refractivity contribution in [2.75, 3.05) is 20.6 Å². The second-order valence-electron chi connectivity index (χ2n) is 6.64. The molecule has 1 unspecified atom stereocenters. The van der Waals surface area contributed by atoms with E-state index in [-0.39, 0.29) is 5.92 Å². The second-order valence-corrected chi connectivity index (χ2v) is 7.08. The van der Waals surface area contributed by atoms with Crippen LogP contribution in [0, 0.1) is 0 Å². The van der Waals surface area contributed by atoms with E-state index in [4.69, 9.17) is 11.6 Å². The molecule has 2 atom stereocenters. The minimum atomic E-state index is -0.0111. The summed E-state index contributed by atoms with van der Waals surface area (Å²) in [6.45, 7) is 0.492. The Bertz CT molecular complexity index is 693. The molecule has 23 heavy (non-hydrogen) atoms. The van der Waals surface area contributed by atoms with Gasteiger partial charge in [-0.1, -0.05) is 48.0 Å². The van der Waals surface area contributed by atoms with E-state index in [1.165, 1.54) is 16.7 Å². The van der Waals surface area contributed by atoms with Crippen LogP contribution in [0.15, 0.2) is 48.5 Å². The van der Waals surface area contributed by atoms with Gasteiger partial charge >= 0.3 is 0 Å². The van der Waals surface area contributed by atoms with Crippen LogP contribution < -0.4 is 0 Å². The maximum absolute atomic E-state index is 12.7. The summed E-state index contributed by atoms with van der Waals surface area (Å²) < 4.78 is 0. The predicted octanol–water partition coefficient (Wildman–Crippen LogP) is 4.28. The third kappa shape index (κ3) is 3.65. The van der Waals surface area contributed by atoms with Crippen molar-refractivity contribution in [1.29, 1.82) is 0 Å². The molecule has 0 amide bonds. The Balaban J connectivity index is 1.92. The fourth-order valence-corrected chi connectivity index (χ4v) is 3.66. The van der Waals surface area contributed by atoms with E-state index < -0.39 is 0 Å². The smallest absolute Gasteiger partial charge is 0.154 e. The Morgan fingerprint density at radius 1 is 1.13 bits per heavy atom. The Labute approximate surface area is 143 Å². The van der Waals surface area contributed by atoms with Crippen molar-refractivity contribution < 1.29 is 4.79 Å². The zero-order chi connectivity index (χ0) is 16.4. The summed E-state index contributed by atoms with van der Waals surface area (Å²) in [4.78, 5) is 14.7. The van der Waals surface area contributed by atoms with Crippen molar-refractivity contribution in [3.8, 4) is 0 Å². The zero-order valence-electron chi connectivity index (χ0n) is 13.6. The number of hydrogen-bond acceptors (Lipinski definition) is 2. The number of Topliss-reactive ketones (excluding diaryl/α,β-unsaturated/α-hetero) is 1. The molecule has 2 aromatic rings. The molecule has 0 aliphatic heterocycles. The SMILES string of the molecule is CN(C)CC(=O)[C@H]1CC(c2ccc(Cl)cc2)Cc2ccccc21. The van der Waals surface area contributed by atoms with E-state index in [9.17, 15) is 4.79 Å². The minimum Gasteiger partial charge on any atom is -0.302 e. The van der Waals surface area contributed by atoms with Crippen LogP contribution in [-0.2, 0) is 11.2 Å². The van der Waals surface area contributed by atoms with E-state index >= 15 is 0 Å². The van der Waals surface area contributed by atoms with Gasteiger partial charge in [0.15, 0.2) is 5.78 Å². The third-order valence-electron chi connectivity index (χ3n) is 4.62. The van der Waals surface area contributed by atoms with Gasteiger partial charge in [0.05, 0.1) is 6.54 Å². The highest BCUT2D eigenvalue weighted by Gasteiger charge is 2.32. The molecular weight excluding hydrogens is 306 g/mol. The number of hydrogen-bond donors (Lipinski definition) is 0. The standard InChI is InChI=1S/C20H22ClNO/c1-22(2)13-20(23)19-12-16(14-7-9-17(21)10-8-14)11-15-5-3-4-6-18(15)19/h3-10,16,19H,11-13H2,1-2H3/t16?,19-/m0/s1. The van der Waals surface area contributed by atoms with Crippen molar-refractivity contribution in [3.63, 3.8) is 0 Å². The summed E-state index contributed by atoms with van der Waals surface area (Å²) in [5, 5.41) is 0.755. The Hall–Kier alpha value is -1.64. The lowest BCUT2D eigenvalue weighted by Crippen LogP contribution is -2.30. The lowest BCUT2D eigenvalue weighted by atomic mass is 9.73. The molecule has 0 bridgehead atoms. The van der Waals surface area contributed by atoms with Crippen molar-refractivity contribution in [2.45, 2.75) is 24.7 Å². The third-order valence-corrected chi connectivity index (χ3v) is 4.87. The van der Waals surface area contributed by atoms with E-state index in [1.807, 2.05) is 37.2 Å². The molecule has 2 nitrogen and oxygen atoms in total. The van der Waals surface area contributed by atoms with Crippen LogP contribution in [0.4, 0.5) is 0 Å².